The Balaban J connectivity index is 1.65. The van der Waals surface area contributed by atoms with Crippen molar-refractivity contribution in [3.8, 4) is 0 Å². The van der Waals surface area contributed by atoms with Crippen LogP contribution in [0.5, 0.6) is 0 Å². The highest BCUT2D eigenvalue weighted by Crippen LogP contribution is 2.94. The van der Waals surface area contributed by atoms with Gasteiger partial charge < -0.3 is 14.8 Å². The normalized spacial score (nSPS) is 40.2. The van der Waals surface area contributed by atoms with Crippen LogP contribution in [-0.4, -0.2) is 31.8 Å². The van der Waals surface area contributed by atoms with Crippen molar-refractivity contribution >= 4 is 12.1 Å². The Morgan fingerprint density at radius 2 is 1.94 bits per heavy atom. The van der Waals surface area contributed by atoms with Crippen molar-refractivity contribution in [2.45, 2.75) is 38.6 Å². The second kappa shape index (κ2) is 3.62. The molecular formula is C13H19NO4. The Kier molecular flexibility index (Phi) is 2.37. The van der Waals surface area contributed by atoms with Crippen molar-refractivity contribution in [2.24, 2.45) is 16.7 Å². The zero-order valence-corrected chi connectivity index (χ0v) is 10.8. The molecule has 0 aromatic carbocycles. The second-order valence-electron chi connectivity index (χ2n) is 5.95. The van der Waals surface area contributed by atoms with Gasteiger partial charge >= 0.3 is 12.1 Å². The number of carbonyl (C=O) groups is 2. The molecule has 100 valence electrons. The SMILES string of the molecule is CCOC(=O)C(NC(=O)OC)C1CC23CC2(C1)C3. The van der Waals surface area contributed by atoms with Crippen LogP contribution in [0.4, 0.5) is 4.79 Å². The molecule has 0 bridgehead atoms. The van der Waals surface area contributed by atoms with Gasteiger partial charge in [0.05, 0.1) is 13.7 Å². The summed E-state index contributed by atoms with van der Waals surface area (Å²) in [4.78, 5) is 23.3. The van der Waals surface area contributed by atoms with Crippen LogP contribution in [0.15, 0.2) is 0 Å². The summed E-state index contributed by atoms with van der Waals surface area (Å²) in [5, 5.41) is 2.63. The molecule has 0 aromatic rings. The molecule has 5 heteroatoms. The van der Waals surface area contributed by atoms with Crippen molar-refractivity contribution in [2.75, 3.05) is 13.7 Å². The fourth-order valence-corrected chi connectivity index (χ4v) is 3.98. The molecule has 1 atom stereocenters. The van der Waals surface area contributed by atoms with E-state index in [2.05, 4.69) is 10.1 Å². The first-order valence-electron chi connectivity index (χ1n) is 6.57. The van der Waals surface area contributed by atoms with E-state index >= 15 is 0 Å². The number of amides is 1. The summed E-state index contributed by atoms with van der Waals surface area (Å²) in [6, 6.07) is -0.542. The molecule has 3 aliphatic rings. The molecular weight excluding hydrogens is 234 g/mol. The van der Waals surface area contributed by atoms with E-state index in [1.165, 1.54) is 20.0 Å². The fraction of sp³-hybridized carbons (Fsp3) is 0.846. The monoisotopic (exact) mass is 253 g/mol. The fourth-order valence-electron chi connectivity index (χ4n) is 3.98. The molecule has 3 saturated carbocycles. The number of nitrogens with one attached hydrogen (secondary N) is 1. The summed E-state index contributed by atoms with van der Waals surface area (Å²) in [5.41, 5.74) is 1.06. The second-order valence-corrected chi connectivity index (χ2v) is 5.95. The maximum atomic E-state index is 11.9. The van der Waals surface area contributed by atoms with Crippen LogP contribution in [0.25, 0.3) is 0 Å². The summed E-state index contributed by atoms with van der Waals surface area (Å²) in [7, 11) is 1.30. The number of methoxy groups -OCH3 is 1. The predicted octanol–water partition coefficient (Wildman–Crippen LogP) is 1.46. The molecule has 0 radical (unpaired) electrons. The van der Waals surface area contributed by atoms with E-state index in [9.17, 15) is 9.59 Å². The van der Waals surface area contributed by atoms with E-state index < -0.39 is 12.1 Å². The summed E-state index contributed by atoms with van der Waals surface area (Å²) in [6.07, 6.45) is 4.17. The van der Waals surface area contributed by atoms with E-state index in [4.69, 9.17) is 4.74 Å². The Morgan fingerprint density at radius 3 is 2.44 bits per heavy atom. The molecule has 3 rings (SSSR count). The van der Waals surface area contributed by atoms with Crippen LogP contribution < -0.4 is 5.32 Å². The quantitative estimate of drug-likeness (QED) is 0.770. The van der Waals surface area contributed by atoms with Gasteiger partial charge in [0, 0.05) is 0 Å². The van der Waals surface area contributed by atoms with E-state index in [1.54, 1.807) is 6.92 Å². The highest BCUT2D eigenvalue weighted by atomic mass is 16.5. The summed E-state index contributed by atoms with van der Waals surface area (Å²) in [6.45, 7) is 2.11. The van der Waals surface area contributed by atoms with Crippen LogP contribution in [0, 0.1) is 16.7 Å². The van der Waals surface area contributed by atoms with Crippen LogP contribution in [-0.2, 0) is 14.3 Å². The van der Waals surface area contributed by atoms with Gasteiger partial charge in [0.1, 0.15) is 6.04 Å². The lowest BCUT2D eigenvalue weighted by Crippen LogP contribution is -2.47. The minimum absolute atomic E-state index is 0.214. The average Bonchev–Trinajstić information content (AvgIpc) is 3.06. The third-order valence-electron chi connectivity index (χ3n) is 5.01. The molecule has 0 saturated heterocycles. The van der Waals surface area contributed by atoms with E-state index in [0.29, 0.717) is 17.4 Å². The summed E-state index contributed by atoms with van der Waals surface area (Å²) >= 11 is 0. The molecule has 1 unspecified atom stereocenters. The Hall–Kier alpha value is -1.26. The molecule has 0 spiro atoms. The van der Waals surface area contributed by atoms with Crippen molar-refractivity contribution < 1.29 is 19.1 Å². The molecule has 5 nitrogen and oxygen atoms in total. The Morgan fingerprint density at radius 1 is 1.33 bits per heavy atom. The van der Waals surface area contributed by atoms with E-state index in [0.717, 1.165) is 12.8 Å². The third kappa shape index (κ3) is 1.52. The largest absolute Gasteiger partial charge is 0.464 e. The highest BCUT2D eigenvalue weighted by molar-refractivity contribution is 5.81. The standard InChI is InChI=1S/C13H19NO4/c1-3-18-10(15)9(14-11(16)17-2)8-4-12-6-13(12,5-8)7-12/h8-9H,3-7H2,1-2H3,(H,14,16). The van der Waals surface area contributed by atoms with Crippen molar-refractivity contribution in [3.63, 3.8) is 0 Å². The maximum absolute atomic E-state index is 11.9. The van der Waals surface area contributed by atoms with Gasteiger partial charge in [-0.1, -0.05) is 0 Å². The molecule has 0 aromatic heterocycles. The number of alkyl carbamates (subject to hydrolysis) is 1. The molecule has 3 fully saturated rings. The number of esters is 1. The van der Waals surface area contributed by atoms with Gasteiger partial charge in [-0.2, -0.15) is 0 Å². The first-order chi connectivity index (χ1) is 8.56. The molecule has 1 amide bonds. The van der Waals surface area contributed by atoms with Crippen LogP contribution >= 0.6 is 0 Å². The third-order valence-corrected chi connectivity index (χ3v) is 5.01. The molecule has 0 aliphatic heterocycles. The Bertz CT molecular complexity index is 384. The molecule has 0 heterocycles. The molecule has 18 heavy (non-hydrogen) atoms. The number of carbonyl (C=O) groups excluding carboxylic acids is 2. The molecule has 1 N–H and O–H groups in total. The predicted molar refractivity (Wildman–Crippen MR) is 62.8 cm³/mol. The van der Waals surface area contributed by atoms with Crippen LogP contribution in [0.3, 0.4) is 0 Å². The highest BCUT2D eigenvalue weighted by Gasteiger charge is 2.86. The lowest BCUT2D eigenvalue weighted by Gasteiger charge is -2.27. The first-order valence-corrected chi connectivity index (χ1v) is 6.57. The van der Waals surface area contributed by atoms with Gasteiger partial charge in [0.2, 0.25) is 0 Å². The van der Waals surface area contributed by atoms with Gasteiger partial charge in [0.15, 0.2) is 0 Å². The minimum atomic E-state index is -0.558. The number of hydrogen-bond donors (Lipinski definition) is 1. The maximum Gasteiger partial charge on any atom is 0.407 e. The van der Waals surface area contributed by atoms with E-state index in [1.807, 2.05) is 0 Å². The minimum Gasteiger partial charge on any atom is -0.464 e. The van der Waals surface area contributed by atoms with Crippen LogP contribution in [0.1, 0.15) is 32.6 Å². The van der Waals surface area contributed by atoms with Gasteiger partial charge in [-0.05, 0) is 49.4 Å². The van der Waals surface area contributed by atoms with Crippen LogP contribution in [0.2, 0.25) is 0 Å². The number of hydrogen-bond acceptors (Lipinski definition) is 4. The zero-order chi connectivity index (χ0) is 13.0. The van der Waals surface area contributed by atoms with Crippen molar-refractivity contribution in [1.82, 2.24) is 5.32 Å². The zero-order valence-electron chi connectivity index (χ0n) is 10.8. The lowest BCUT2D eigenvalue weighted by molar-refractivity contribution is -0.147. The first kappa shape index (κ1) is 11.8. The molecule has 3 aliphatic carbocycles. The van der Waals surface area contributed by atoms with E-state index in [-0.39, 0.29) is 11.9 Å². The smallest absolute Gasteiger partial charge is 0.407 e. The topological polar surface area (TPSA) is 64.6 Å². The van der Waals surface area contributed by atoms with Gasteiger partial charge in [-0.3, -0.25) is 0 Å². The summed E-state index contributed by atoms with van der Waals surface area (Å²) < 4.78 is 9.63. The average molecular weight is 253 g/mol. The van der Waals surface area contributed by atoms with Crippen molar-refractivity contribution in [3.05, 3.63) is 0 Å². The number of rotatable bonds is 4. The van der Waals surface area contributed by atoms with Gasteiger partial charge in [-0.25, -0.2) is 9.59 Å². The Labute approximate surface area is 106 Å². The van der Waals surface area contributed by atoms with Crippen molar-refractivity contribution in [1.29, 1.82) is 0 Å². The number of ether oxygens (including phenoxy) is 2. The van der Waals surface area contributed by atoms with Gasteiger partial charge in [0.25, 0.3) is 0 Å². The summed E-state index contributed by atoms with van der Waals surface area (Å²) in [5.74, 6) is -0.118. The van der Waals surface area contributed by atoms with Gasteiger partial charge in [-0.15, -0.1) is 0 Å². The lowest BCUT2D eigenvalue weighted by atomic mass is 9.85.